The Morgan fingerprint density at radius 1 is 1.20 bits per heavy atom. The van der Waals surface area contributed by atoms with Crippen molar-refractivity contribution < 1.29 is 0 Å². The van der Waals surface area contributed by atoms with Gasteiger partial charge in [-0.15, -0.1) is 0 Å². The summed E-state index contributed by atoms with van der Waals surface area (Å²) in [7, 11) is 0. The van der Waals surface area contributed by atoms with Gasteiger partial charge in [0.25, 0.3) is 0 Å². The van der Waals surface area contributed by atoms with Gasteiger partial charge in [-0.2, -0.15) is 0 Å². The summed E-state index contributed by atoms with van der Waals surface area (Å²) in [4.78, 5) is 0. The monoisotopic (exact) mass is 315 g/mol. The number of aryl methyl sites for hydroxylation is 1. The standard InChI is InChI=1S/C13H18IN/c14-12-7-4-11(5-8-12)6-9-13-3-1-2-10-15-13/h4-5,7-8,13,15H,1-3,6,9-10H2. The highest BCUT2D eigenvalue weighted by atomic mass is 127. The smallest absolute Gasteiger partial charge is 0.0130 e. The second-order valence-corrected chi connectivity index (χ2v) is 5.56. The normalized spacial score (nSPS) is 21.5. The molecule has 15 heavy (non-hydrogen) atoms. The highest BCUT2D eigenvalue weighted by molar-refractivity contribution is 14.1. The lowest BCUT2D eigenvalue weighted by atomic mass is 9.98. The van der Waals surface area contributed by atoms with Gasteiger partial charge in [-0.05, 0) is 72.5 Å². The zero-order valence-corrected chi connectivity index (χ0v) is 11.2. The summed E-state index contributed by atoms with van der Waals surface area (Å²) in [5.41, 5.74) is 1.47. The van der Waals surface area contributed by atoms with E-state index in [2.05, 4.69) is 52.2 Å². The van der Waals surface area contributed by atoms with Gasteiger partial charge in [0.2, 0.25) is 0 Å². The zero-order chi connectivity index (χ0) is 10.5. The van der Waals surface area contributed by atoms with E-state index in [9.17, 15) is 0 Å². The third kappa shape index (κ3) is 3.76. The molecule has 2 rings (SSSR count). The number of benzene rings is 1. The first kappa shape index (κ1) is 11.4. The van der Waals surface area contributed by atoms with Crippen molar-refractivity contribution in [2.24, 2.45) is 0 Å². The molecule has 0 spiro atoms. The minimum absolute atomic E-state index is 0.762. The maximum absolute atomic E-state index is 3.60. The van der Waals surface area contributed by atoms with Crippen LogP contribution in [0.5, 0.6) is 0 Å². The Labute approximate surface area is 106 Å². The zero-order valence-electron chi connectivity index (χ0n) is 9.01. The fourth-order valence-corrected chi connectivity index (χ4v) is 2.52. The van der Waals surface area contributed by atoms with Crippen molar-refractivity contribution in [3.8, 4) is 0 Å². The second kappa shape index (κ2) is 5.85. The molecule has 0 aliphatic carbocycles. The molecule has 1 N–H and O–H groups in total. The van der Waals surface area contributed by atoms with Crippen LogP contribution in [0.15, 0.2) is 24.3 Å². The minimum atomic E-state index is 0.762. The van der Waals surface area contributed by atoms with Crippen molar-refractivity contribution in [2.45, 2.75) is 38.1 Å². The predicted molar refractivity (Wildman–Crippen MR) is 73.1 cm³/mol. The van der Waals surface area contributed by atoms with Crippen LogP contribution in [0.1, 0.15) is 31.2 Å². The van der Waals surface area contributed by atoms with Crippen molar-refractivity contribution in [1.29, 1.82) is 0 Å². The number of hydrogen-bond donors (Lipinski definition) is 1. The molecular formula is C13H18IN. The molecule has 0 bridgehead atoms. The highest BCUT2D eigenvalue weighted by Crippen LogP contribution is 2.14. The largest absolute Gasteiger partial charge is 0.314 e. The van der Waals surface area contributed by atoms with Crippen molar-refractivity contribution in [1.82, 2.24) is 5.32 Å². The van der Waals surface area contributed by atoms with Crippen LogP contribution in [-0.4, -0.2) is 12.6 Å². The van der Waals surface area contributed by atoms with Crippen LogP contribution < -0.4 is 5.32 Å². The number of hydrogen-bond acceptors (Lipinski definition) is 1. The molecule has 1 heterocycles. The Kier molecular flexibility index (Phi) is 4.44. The van der Waals surface area contributed by atoms with E-state index in [1.165, 1.54) is 47.8 Å². The molecule has 0 amide bonds. The molecule has 1 saturated heterocycles. The Hall–Kier alpha value is -0.0900. The van der Waals surface area contributed by atoms with E-state index in [-0.39, 0.29) is 0 Å². The summed E-state index contributed by atoms with van der Waals surface area (Å²) in [5.74, 6) is 0. The molecule has 1 aromatic rings. The molecule has 82 valence electrons. The third-order valence-electron chi connectivity index (χ3n) is 3.11. The van der Waals surface area contributed by atoms with Crippen molar-refractivity contribution >= 4 is 22.6 Å². The highest BCUT2D eigenvalue weighted by Gasteiger charge is 2.11. The SMILES string of the molecule is Ic1ccc(CCC2CCCCN2)cc1. The van der Waals surface area contributed by atoms with Gasteiger partial charge in [0.05, 0.1) is 0 Å². The third-order valence-corrected chi connectivity index (χ3v) is 3.83. The van der Waals surface area contributed by atoms with E-state index in [0.717, 1.165) is 6.04 Å². The van der Waals surface area contributed by atoms with Crippen LogP contribution in [0.3, 0.4) is 0 Å². The maximum Gasteiger partial charge on any atom is 0.0130 e. The van der Waals surface area contributed by atoms with Crippen molar-refractivity contribution in [2.75, 3.05) is 6.54 Å². The molecule has 0 aromatic heterocycles. The Morgan fingerprint density at radius 2 is 2.00 bits per heavy atom. The second-order valence-electron chi connectivity index (χ2n) is 4.31. The van der Waals surface area contributed by atoms with Gasteiger partial charge in [0.15, 0.2) is 0 Å². The quantitative estimate of drug-likeness (QED) is 0.844. The van der Waals surface area contributed by atoms with Gasteiger partial charge in [0.1, 0.15) is 0 Å². The first-order valence-corrected chi connectivity index (χ1v) is 6.90. The first-order valence-electron chi connectivity index (χ1n) is 5.82. The molecule has 1 aliphatic heterocycles. The Bertz CT molecular complexity index is 288. The van der Waals surface area contributed by atoms with Crippen LogP contribution in [0.2, 0.25) is 0 Å². The van der Waals surface area contributed by atoms with Crippen LogP contribution in [-0.2, 0) is 6.42 Å². The van der Waals surface area contributed by atoms with Crippen LogP contribution in [0, 0.1) is 3.57 Å². The molecule has 1 aromatic carbocycles. The Balaban J connectivity index is 1.79. The fourth-order valence-electron chi connectivity index (χ4n) is 2.16. The number of piperidine rings is 1. The van der Waals surface area contributed by atoms with Gasteiger partial charge in [-0.25, -0.2) is 0 Å². The summed E-state index contributed by atoms with van der Waals surface area (Å²) in [6.07, 6.45) is 6.64. The van der Waals surface area contributed by atoms with Gasteiger partial charge in [-0.1, -0.05) is 18.6 Å². The summed E-state index contributed by atoms with van der Waals surface area (Å²) in [6.45, 7) is 1.22. The van der Waals surface area contributed by atoms with E-state index in [1.54, 1.807) is 0 Å². The Morgan fingerprint density at radius 3 is 2.67 bits per heavy atom. The molecule has 1 atom stereocenters. The molecule has 1 aliphatic rings. The lowest BCUT2D eigenvalue weighted by Crippen LogP contribution is -2.34. The fraction of sp³-hybridized carbons (Fsp3) is 0.538. The van der Waals surface area contributed by atoms with E-state index in [1.807, 2.05) is 0 Å². The molecule has 2 heteroatoms. The van der Waals surface area contributed by atoms with Crippen LogP contribution >= 0.6 is 22.6 Å². The molecule has 0 radical (unpaired) electrons. The van der Waals surface area contributed by atoms with Crippen molar-refractivity contribution in [3.05, 3.63) is 33.4 Å². The number of rotatable bonds is 3. The summed E-state index contributed by atoms with van der Waals surface area (Å²) in [5, 5.41) is 3.60. The van der Waals surface area contributed by atoms with Gasteiger partial charge in [0, 0.05) is 9.61 Å². The van der Waals surface area contributed by atoms with Gasteiger partial charge < -0.3 is 5.32 Å². The maximum atomic E-state index is 3.60. The van der Waals surface area contributed by atoms with E-state index >= 15 is 0 Å². The predicted octanol–water partition coefficient (Wildman–Crippen LogP) is 3.37. The molecule has 1 unspecified atom stereocenters. The van der Waals surface area contributed by atoms with E-state index in [0.29, 0.717) is 0 Å². The van der Waals surface area contributed by atoms with Gasteiger partial charge in [-0.3, -0.25) is 0 Å². The number of nitrogens with one attached hydrogen (secondary N) is 1. The van der Waals surface area contributed by atoms with Crippen LogP contribution in [0.4, 0.5) is 0 Å². The first-order chi connectivity index (χ1) is 7.34. The van der Waals surface area contributed by atoms with E-state index < -0.39 is 0 Å². The van der Waals surface area contributed by atoms with Crippen LogP contribution in [0.25, 0.3) is 0 Å². The topological polar surface area (TPSA) is 12.0 Å². The van der Waals surface area contributed by atoms with Gasteiger partial charge >= 0.3 is 0 Å². The summed E-state index contributed by atoms with van der Waals surface area (Å²) in [6, 6.07) is 9.67. The average molecular weight is 315 g/mol. The lowest BCUT2D eigenvalue weighted by molar-refractivity contribution is 0.383. The van der Waals surface area contributed by atoms with E-state index in [4.69, 9.17) is 0 Å². The molecule has 1 fully saturated rings. The average Bonchev–Trinajstić information content (AvgIpc) is 2.30. The molecule has 0 saturated carbocycles. The summed E-state index contributed by atoms with van der Waals surface area (Å²) >= 11 is 2.36. The van der Waals surface area contributed by atoms with Crippen molar-refractivity contribution in [3.63, 3.8) is 0 Å². The minimum Gasteiger partial charge on any atom is -0.314 e. The number of halogens is 1. The lowest BCUT2D eigenvalue weighted by Gasteiger charge is -2.23. The molecule has 1 nitrogen and oxygen atoms in total. The molecular weight excluding hydrogens is 297 g/mol. The summed E-state index contributed by atoms with van der Waals surface area (Å²) < 4.78 is 1.33.